The molecule has 112 valence electrons. The maximum atomic E-state index is 9.03. The SMILES string of the molecule is COc1ccccc1OCCN1CCCC(CCO)C1. The molecular formula is C16H25NO3. The number of hydrogen-bond donors (Lipinski definition) is 1. The van der Waals surface area contributed by atoms with E-state index in [4.69, 9.17) is 14.6 Å². The van der Waals surface area contributed by atoms with Crippen LogP contribution in [0.5, 0.6) is 11.5 Å². The van der Waals surface area contributed by atoms with Gasteiger partial charge in [0, 0.05) is 19.7 Å². The normalized spacial score (nSPS) is 19.8. The molecular weight excluding hydrogens is 254 g/mol. The zero-order valence-corrected chi connectivity index (χ0v) is 12.3. The first-order chi connectivity index (χ1) is 9.83. The van der Waals surface area contributed by atoms with E-state index in [1.54, 1.807) is 7.11 Å². The summed E-state index contributed by atoms with van der Waals surface area (Å²) < 4.78 is 11.1. The molecule has 1 aliphatic heterocycles. The first-order valence-electron chi connectivity index (χ1n) is 7.42. The van der Waals surface area contributed by atoms with E-state index in [0.29, 0.717) is 19.1 Å². The average molecular weight is 279 g/mol. The molecule has 1 aliphatic rings. The van der Waals surface area contributed by atoms with Gasteiger partial charge in [-0.25, -0.2) is 0 Å². The molecule has 0 saturated carbocycles. The molecule has 0 spiro atoms. The first kappa shape index (κ1) is 15.1. The van der Waals surface area contributed by atoms with Gasteiger partial charge in [-0.1, -0.05) is 12.1 Å². The van der Waals surface area contributed by atoms with Gasteiger partial charge in [0.05, 0.1) is 7.11 Å². The second kappa shape index (κ2) is 8.12. The Morgan fingerprint density at radius 1 is 1.30 bits per heavy atom. The Hall–Kier alpha value is -1.26. The third-order valence-corrected chi connectivity index (χ3v) is 3.87. The van der Waals surface area contributed by atoms with Crippen molar-refractivity contribution in [1.29, 1.82) is 0 Å². The maximum Gasteiger partial charge on any atom is 0.161 e. The number of benzene rings is 1. The molecule has 4 heteroatoms. The number of hydrogen-bond acceptors (Lipinski definition) is 4. The summed E-state index contributed by atoms with van der Waals surface area (Å²) in [7, 11) is 1.66. The minimum absolute atomic E-state index is 0.302. The molecule has 0 bridgehead atoms. The van der Waals surface area contributed by atoms with Gasteiger partial charge in [0.15, 0.2) is 11.5 Å². The number of methoxy groups -OCH3 is 1. The van der Waals surface area contributed by atoms with E-state index < -0.39 is 0 Å². The van der Waals surface area contributed by atoms with E-state index >= 15 is 0 Å². The van der Waals surface area contributed by atoms with Crippen LogP contribution in [0.3, 0.4) is 0 Å². The molecule has 1 N–H and O–H groups in total. The molecule has 1 fully saturated rings. The van der Waals surface area contributed by atoms with Crippen molar-refractivity contribution in [3.05, 3.63) is 24.3 Å². The quantitative estimate of drug-likeness (QED) is 0.830. The lowest BCUT2D eigenvalue weighted by atomic mass is 9.95. The van der Waals surface area contributed by atoms with Crippen LogP contribution in [0.15, 0.2) is 24.3 Å². The molecule has 0 aliphatic carbocycles. The number of piperidine rings is 1. The highest BCUT2D eigenvalue weighted by Crippen LogP contribution is 2.26. The monoisotopic (exact) mass is 279 g/mol. The van der Waals surface area contributed by atoms with Crippen LogP contribution in [0.2, 0.25) is 0 Å². The molecule has 4 nitrogen and oxygen atoms in total. The van der Waals surface area contributed by atoms with Gasteiger partial charge in [-0.15, -0.1) is 0 Å². The Morgan fingerprint density at radius 3 is 2.85 bits per heavy atom. The molecule has 1 saturated heterocycles. The summed E-state index contributed by atoms with van der Waals surface area (Å²) in [6.07, 6.45) is 3.38. The van der Waals surface area contributed by atoms with Crippen LogP contribution < -0.4 is 9.47 Å². The van der Waals surface area contributed by atoms with Gasteiger partial charge in [0.1, 0.15) is 6.61 Å². The number of para-hydroxylation sites is 2. The number of nitrogens with zero attached hydrogens (tertiary/aromatic N) is 1. The molecule has 1 heterocycles. The first-order valence-corrected chi connectivity index (χ1v) is 7.42. The molecule has 1 atom stereocenters. The van der Waals surface area contributed by atoms with Gasteiger partial charge in [0.25, 0.3) is 0 Å². The highest BCUT2D eigenvalue weighted by Gasteiger charge is 2.19. The lowest BCUT2D eigenvalue weighted by Gasteiger charge is -2.32. The van der Waals surface area contributed by atoms with E-state index in [1.165, 1.54) is 12.8 Å². The standard InChI is InChI=1S/C16H25NO3/c1-19-15-6-2-3-7-16(15)20-12-10-17-9-4-5-14(13-17)8-11-18/h2-3,6-7,14,18H,4-5,8-13H2,1H3. The summed E-state index contributed by atoms with van der Waals surface area (Å²) in [6.45, 7) is 4.12. The summed E-state index contributed by atoms with van der Waals surface area (Å²) in [6, 6.07) is 7.74. The predicted molar refractivity (Wildman–Crippen MR) is 79.4 cm³/mol. The van der Waals surface area contributed by atoms with E-state index in [0.717, 1.165) is 37.6 Å². The average Bonchev–Trinajstić information content (AvgIpc) is 2.48. The molecule has 2 rings (SSSR count). The molecule has 0 aromatic heterocycles. The van der Waals surface area contributed by atoms with E-state index in [9.17, 15) is 0 Å². The van der Waals surface area contributed by atoms with E-state index in [2.05, 4.69) is 4.90 Å². The van der Waals surface area contributed by atoms with E-state index in [1.807, 2.05) is 24.3 Å². The number of ether oxygens (including phenoxy) is 2. The fourth-order valence-corrected chi connectivity index (χ4v) is 2.80. The van der Waals surface area contributed by atoms with Crippen molar-refractivity contribution in [2.75, 3.05) is 40.0 Å². The zero-order valence-electron chi connectivity index (χ0n) is 12.3. The van der Waals surface area contributed by atoms with Crippen molar-refractivity contribution < 1.29 is 14.6 Å². The Balaban J connectivity index is 1.75. The summed E-state index contributed by atoms with van der Waals surface area (Å²) in [4.78, 5) is 2.43. The molecule has 20 heavy (non-hydrogen) atoms. The highest BCUT2D eigenvalue weighted by molar-refractivity contribution is 5.39. The molecule has 0 amide bonds. The van der Waals surface area contributed by atoms with Crippen LogP contribution >= 0.6 is 0 Å². The maximum absolute atomic E-state index is 9.03. The lowest BCUT2D eigenvalue weighted by molar-refractivity contribution is 0.128. The van der Waals surface area contributed by atoms with Crippen molar-refractivity contribution >= 4 is 0 Å². The third kappa shape index (κ3) is 4.39. The Labute approximate surface area is 121 Å². The van der Waals surface area contributed by atoms with Crippen LogP contribution in [0.4, 0.5) is 0 Å². The van der Waals surface area contributed by atoms with Crippen LogP contribution in [-0.4, -0.2) is 50.0 Å². The van der Waals surface area contributed by atoms with Crippen molar-refractivity contribution in [2.45, 2.75) is 19.3 Å². The summed E-state index contributed by atoms with van der Waals surface area (Å²) >= 11 is 0. The van der Waals surface area contributed by atoms with Gasteiger partial charge in [-0.3, -0.25) is 4.90 Å². The fraction of sp³-hybridized carbons (Fsp3) is 0.625. The summed E-state index contributed by atoms with van der Waals surface area (Å²) in [5.74, 6) is 2.23. The Kier molecular flexibility index (Phi) is 6.15. The smallest absolute Gasteiger partial charge is 0.161 e. The minimum atomic E-state index is 0.302. The second-order valence-electron chi connectivity index (χ2n) is 5.32. The number of aliphatic hydroxyl groups is 1. The van der Waals surface area contributed by atoms with Crippen molar-refractivity contribution in [3.63, 3.8) is 0 Å². The Bertz CT molecular complexity index is 395. The van der Waals surface area contributed by atoms with Crippen molar-refractivity contribution in [3.8, 4) is 11.5 Å². The van der Waals surface area contributed by atoms with Crippen molar-refractivity contribution in [2.24, 2.45) is 5.92 Å². The molecule has 1 aromatic carbocycles. The number of aliphatic hydroxyl groups excluding tert-OH is 1. The Morgan fingerprint density at radius 2 is 2.10 bits per heavy atom. The van der Waals surface area contributed by atoms with Gasteiger partial charge in [0.2, 0.25) is 0 Å². The number of likely N-dealkylation sites (tertiary alicyclic amines) is 1. The van der Waals surface area contributed by atoms with Crippen LogP contribution in [-0.2, 0) is 0 Å². The summed E-state index contributed by atoms with van der Waals surface area (Å²) in [5, 5.41) is 9.03. The van der Waals surface area contributed by atoms with Crippen molar-refractivity contribution in [1.82, 2.24) is 4.90 Å². The number of rotatable bonds is 7. The molecule has 0 radical (unpaired) electrons. The third-order valence-electron chi connectivity index (χ3n) is 3.87. The second-order valence-corrected chi connectivity index (χ2v) is 5.32. The van der Waals surface area contributed by atoms with Crippen LogP contribution in [0.1, 0.15) is 19.3 Å². The van der Waals surface area contributed by atoms with Crippen LogP contribution in [0, 0.1) is 5.92 Å². The fourth-order valence-electron chi connectivity index (χ4n) is 2.80. The topological polar surface area (TPSA) is 41.9 Å². The minimum Gasteiger partial charge on any atom is -0.493 e. The highest BCUT2D eigenvalue weighted by atomic mass is 16.5. The van der Waals surface area contributed by atoms with Gasteiger partial charge in [-0.05, 0) is 43.9 Å². The zero-order chi connectivity index (χ0) is 14.2. The van der Waals surface area contributed by atoms with Gasteiger partial charge < -0.3 is 14.6 Å². The molecule has 1 unspecified atom stereocenters. The van der Waals surface area contributed by atoms with Gasteiger partial charge in [-0.2, -0.15) is 0 Å². The molecule has 1 aromatic rings. The van der Waals surface area contributed by atoms with Crippen LogP contribution in [0.25, 0.3) is 0 Å². The van der Waals surface area contributed by atoms with Gasteiger partial charge >= 0.3 is 0 Å². The lowest BCUT2D eigenvalue weighted by Crippen LogP contribution is -2.38. The largest absolute Gasteiger partial charge is 0.493 e. The van der Waals surface area contributed by atoms with E-state index in [-0.39, 0.29) is 0 Å². The summed E-state index contributed by atoms with van der Waals surface area (Å²) in [5.41, 5.74) is 0. The predicted octanol–water partition coefficient (Wildman–Crippen LogP) is 2.17.